The van der Waals surface area contributed by atoms with E-state index in [1.807, 2.05) is 0 Å². The Balaban J connectivity index is -0.000000180. The molecule has 0 rings (SSSR count). The summed E-state index contributed by atoms with van der Waals surface area (Å²) in [6, 6.07) is 0. The molecular formula is C6H16O2Ti. The van der Waals surface area contributed by atoms with E-state index in [-0.39, 0.29) is 11.0 Å². The van der Waals surface area contributed by atoms with E-state index in [2.05, 4.69) is 13.8 Å². The molecule has 0 heterocycles. The van der Waals surface area contributed by atoms with E-state index in [0.29, 0.717) is 19.2 Å². The minimum absolute atomic E-state index is 0. The maximum atomic E-state index is 2.28. The molecule has 2 nitrogen and oxygen atoms in total. The Morgan fingerprint density at radius 1 is 0.889 bits per heavy atom. The van der Waals surface area contributed by atoms with Crippen molar-refractivity contribution in [1.82, 2.24) is 0 Å². The van der Waals surface area contributed by atoms with Crippen molar-refractivity contribution in [2.24, 2.45) is 0 Å². The summed E-state index contributed by atoms with van der Waals surface area (Å²) in [7, 11) is 0. The molecule has 0 aliphatic rings. The Hall–Kier alpha value is 0.634. The summed E-state index contributed by atoms with van der Waals surface area (Å²) in [4.78, 5) is 0. The van der Waals surface area contributed by atoms with Gasteiger partial charge < -0.3 is 11.0 Å². The molecule has 0 unspecified atom stereocenters. The van der Waals surface area contributed by atoms with Gasteiger partial charge in [0.05, 0.1) is 0 Å². The number of hydrogen-bond donors (Lipinski definition) is 0. The molecule has 2 N–H and O–H groups in total. The van der Waals surface area contributed by atoms with Crippen LogP contribution in [0.5, 0.6) is 0 Å². The Kier molecular flexibility index (Phi) is 28.7. The summed E-state index contributed by atoms with van der Waals surface area (Å²) in [5.41, 5.74) is 0. The van der Waals surface area contributed by atoms with Gasteiger partial charge in [0.2, 0.25) is 0 Å². The van der Waals surface area contributed by atoms with Crippen molar-refractivity contribution in [1.29, 1.82) is 0 Å². The summed E-state index contributed by atoms with van der Waals surface area (Å²) >= 11 is 0.514. The van der Waals surface area contributed by atoms with Gasteiger partial charge in [-0.1, -0.05) is 0 Å². The molecule has 0 bridgehead atoms. The molecular weight excluding hydrogens is 152 g/mol. The van der Waals surface area contributed by atoms with E-state index < -0.39 is 0 Å². The zero-order chi connectivity index (χ0) is 5.54. The molecule has 56 valence electrons. The zero-order valence-corrected chi connectivity index (χ0v) is 7.78. The van der Waals surface area contributed by atoms with Gasteiger partial charge in [0.25, 0.3) is 0 Å². The molecule has 0 amide bonds. The minimum Gasteiger partial charge on any atom is -0.870 e. The molecule has 0 saturated carbocycles. The number of hydrogen-bond acceptors (Lipinski definition) is 2. The van der Waals surface area contributed by atoms with Gasteiger partial charge in [-0.15, -0.1) is 0 Å². The standard InChI is InChI=1S/2C3H7.2H2O.Ti/c2*1-3-2;;;/h2*1,3H2,2H3;2*1H2;/q;;;;+2/p-2. The van der Waals surface area contributed by atoms with Crippen molar-refractivity contribution in [3.05, 3.63) is 0 Å². The van der Waals surface area contributed by atoms with Crippen LogP contribution in [-0.4, -0.2) is 11.0 Å². The van der Waals surface area contributed by atoms with Crippen LogP contribution in [-0.2, 0) is 19.2 Å². The quantitative estimate of drug-likeness (QED) is 0.477. The summed E-state index contributed by atoms with van der Waals surface area (Å²) in [5, 5.41) is 0. The van der Waals surface area contributed by atoms with Crippen LogP contribution in [0.15, 0.2) is 0 Å². The first-order valence-electron chi connectivity index (χ1n) is 3.12. The normalized spacial score (nSPS) is 6.44. The summed E-state index contributed by atoms with van der Waals surface area (Å²) in [6.45, 7) is 4.55. The first-order chi connectivity index (χ1) is 3.41. The maximum Gasteiger partial charge on any atom is -0.870 e. The fourth-order valence-electron chi connectivity index (χ4n) is 0.479. The van der Waals surface area contributed by atoms with Crippen LogP contribution < -0.4 is 0 Å². The Labute approximate surface area is 66.6 Å². The van der Waals surface area contributed by atoms with Crippen molar-refractivity contribution in [3.8, 4) is 0 Å². The average molecular weight is 168 g/mol. The molecule has 0 radical (unpaired) electrons. The Morgan fingerprint density at radius 3 is 1.44 bits per heavy atom. The van der Waals surface area contributed by atoms with Gasteiger partial charge in [0.1, 0.15) is 0 Å². The van der Waals surface area contributed by atoms with Gasteiger partial charge >= 0.3 is 55.3 Å². The zero-order valence-electron chi connectivity index (χ0n) is 6.22. The molecule has 0 aliphatic heterocycles. The molecule has 0 aromatic heterocycles. The minimum atomic E-state index is 0. The van der Waals surface area contributed by atoms with Crippen LogP contribution in [0.3, 0.4) is 0 Å². The average Bonchev–Trinajstić information content (AvgIpc) is 1.69. The third kappa shape index (κ3) is 17.7. The van der Waals surface area contributed by atoms with Crippen LogP contribution in [0, 0.1) is 0 Å². The van der Waals surface area contributed by atoms with Gasteiger partial charge in [0.15, 0.2) is 0 Å². The van der Waals surface area contributed by atoms with E-state index in [1.54, 1.807) is 9.45 Å². The van der Waals surface area contributed by atoms with Crippen LogP contribution >= 0.6 is 0 Å². The van der Waals surface area contributed by atoms with Crippen LogP contribution in [0.2, 0.25) is 9.45 Å². The summed E-state index contributed by atoms with van der Waals surface area (Å²) < 4.78 is 3.10. The molecule has 3 heteroatoms. The molecule has 0 fully saturated rings. The van der Waals surface area contributed by atoms with Gasteiger partial charge in [0, 0.05) is 0 Å². The van der Waals surface area contributed by atoms with Crippen molar-refractivity contribution in [2.45, 2.75) is 36.1 Å². The van der Waals surface area contributed by atoms with Crippen molar-refractivity contribution < 1.29 is 30.1 Å². The summed E-state index contributed by atoms with van der Waals surface area (Å²) in [5.74, 6) is 0. The van der Waals surface area contributed by atoms with E-state index >= 15 is 0 Å². The second kappa shape index (κ2) is 15.9. The molecule has 0 aromatic carbocycles. The SMILES string of the molecule is CC[CH2][Ti+2][CH2]CC.[OH-].[OH-]. The molecule has 0 spiro atoms. The maximum absolute atomic E-state index is 2.28. The van der Waals surface area contributed by atoms with Gasteiger partial charge in [-0.2, -0.15) is 0 Å². The monoisotopic (exact) mass is 168 g/mol. The van der Waals surface area contributed by atoms with Gasteiger partial charge in [-0.05, 0) is 0 Å². The van der Waals surface area contributed by atoms with Gasteiger partial charge in [-0.3, -0.25) is 0 Å². The van der Waals surface area contributed by atoms with E-state index in [4.69, 9.17) is 0 Å². The predicted octanol–water partition coefficient (Wildman–Crippen LogP) is 2.37. The van der Waals surface area contributed by atoms with Crippen LogP contribution in [0.25, 0.3) is 0 Å². The number of rotatable bonds is 4. The Bertz CT molecular complexity index is 30.2. The fourth-order valence-corrected chi connectivity index (χ4v) is 1.97. The third-order valence-corrected chi connectivity index (χ3v) is 3.52. The molecule has 9 heavy (non-hydrogen) atoms. The largest absolute Gasteiger partial charge is 0.870 e. The fraction of sp³-hybridized carbons (Fsp3) is 1.00. The van der Waals surface area contributed by atoms with Crippen molar-refractivity contribution in [2.75, 3.05) is 0 Å². The van der Waals surface area contributed by atoms with Crippen molar-refractivity contribution in [3.63, 3.8) is 0 Å². The third-order valence-electron chi connectivity index (χ3n) is 0.854. The predicted molar refractivity (Wildman–Crippen MR) is 34.1 cm³/mol. The molecule has 0 aliphatic carbocycles. The molecule has 0 aromatic rings. The summed E-state index contributed by atoms with van der Waals surface area (Å²) in [6.07, 6.45) is 2.83. The van der Waals surface area contributed by atoms with Crippen molar-refractivity contribution >= 4 is 0 Å². The second-order valence-corrected chi connectivity index (χ2v) is 4.09. The molecule has 0 atom stereocenters. The van der Waals surface area contributed by atoms with E-state index in [1.165, 1.54) is 12.8 Å². The van der Waals surface area contributed by atoms with E-state index in [0.717, 1.165) is 0 Å². The van der Waals surface area contributed by atoms with E-state index in [9.17, 15) is 0 Å². The molecule has 0 saturated heterocycles. The smallest absolute Gasteiger partial charge is 0.870 e. The topological polar surface area (TPSA) is 60.0 Å². The second-order valence-electron chi connectivity index (χ2n) is 1.75. The first-order valence-corrected chi connectivity index (χ1v) is 5.33. The van der Waals surface area contributed by atoms with Crippen LogP contribution in [0.4, 0.5) is 0 Å². The van der Waals surface area contributed by atoms with Crippen LogP contribution in [0.1, 0.15) is 26.7 Å². The Morgan fingerprint density at radius 2 is 1.22 bits per heavy atom. The first kappa shape index (κ1) is 16.3. The van der Waals surface area contributed by atoms with Gasteiger partial charge in [-0.25, -0.2) is 0 Å².